The van der Waals surface area contributed by atoms with Crippen LogP contribution < -0.4 is 10.6 Å². The third kappa shape index (κ3) is 7.08. The summed E-state index contributed by atoms with van der Waals surface area (Å²) in [6.45, 7) is -0.473. The molecule has 0 radical (unpaired) electrons. The minimum atomic E-state index is -1.06. The van der Waals surface area contributed by atoms with Gasteiger partial charge in [-0.1, -0.05) is 17.7 Å². The van der Waals surface area contributed by atoms with Crippen LogP contribution in [0, 0.1) is 0 Å². The number of carboxylic acid groups (broad SMARTS) is 1. The molecule has 2 amide bonds. The summed E-state index contributed by atoms with van der Waals surface area (Å²) in [5.74, 6) is -2.73. The van der Waals surface area contributed by atoms with Gasteiger partial charge in [-0.15, -0.1) is 0 Å². The fourth-order valence-corrected chi connectivity index (χ4v) is 2.30. The first kappa shape index (κ1) is 20.9. The average Bonchev–Trinajstić information content (AvgIpc) is 2.65. The summed E-state index contributed by atoms with van der Waals surface area (Å²) in [6.07, 6.45) is -0.422. The molecule has 0 heterocycles. The second-order valence-corrected chi connectivity index (χ2v) is 6.09. The number of hydrogen-bond donors (Lipinski definition) is 3. The number of anilines is 2. The van der Waals surface area contributed by atoms with Crippen molar-refractivity contribution in [2.24, 2.45) is 0 Å². The average molecular weight is 405 g/mol. The van der Waals surface area contributed by atoms with E-state index in [1.54, 1.807) is 24.3 Å². The number of nitrogens with one attached hydrogen (secondary N) is 2. The lowest BCUT2D eigenvalue weighted by molar-refractivity contribution is -0.138. The van der Waals surface area contributed by atoms with Gasteiger partial charge < -0.3 is 20.5 Å². The molecule has 0 atom stereocenters. The molecule has 0 bridgehead atoms. The van der Waals surface area contributed by atoms with Crippen LogP contribution in [0.15, 0.2) is 48.5 Å². The molecule has 2 aromatic carbocycles. The van der Waals surface area contributed by atoms with Crippen LogP contribution in [0.2, 0.25) is 5.02 Å². The third-order valence-electron chi connectivity index (χ3n) is 3.41. The van der Waals surface area contributed by atoms with Crippen molar-refractivity contribution in [2.75, 3.05) is 17.2 Å². The van der Waals surface area contributed by atoms with Gasteiger partial charge in [0.25, 0.3) is 5.91 Å². The Bertz CT molecular complexity index is 882. The number of aliphatic carboxylic acids is 1. The number of carbonyl (C=O) groups is 4. The second kappa shape index (κ2) is 10.1. The molecule has 3 N–H and O–H groups in total. The fraction of sp³-hybridized carbons (Fsp3) is 0.158. The highest BCUT2D eigenvalue weighted by Gasteiger charge is 2.11. The van der Waals surface area contributed by atoms with E-state index in [2.05, 4.69) is 10.6 Å². The summed E-state index contributed by atoms with van der Waals surface area (Å²) >= 11 is 5.82. The molecule has 146 valence electrons. The Hall–Kier alpha value is -3.39. The predicted octanol–water partition coefficient (Wildman–Crippen LogP) is 2.94. The van der Waals surface area contributed by atoms with E-state index in [0.717, 1.165) is 0 Å². The molecule has 8 nitrogen and oxygen atoms in total. The SMILES string of the molecule is O=C(O)CCC(=O)Nc1ccc(C(=O)OCC(=O)Nc2cccc(Cl)c2)cc1. The molecular formula is C19H17ClN2O6. The molecule has 0 spiro atoms. The van der Waals surface area contributed by atoms with Gasteiger partial charge in [0.15, 0.2) is 6.61 Å². The number of halogens is 1. The van der Waals surface area contributed by atoms with Crippen molar-refractivity contribution < 1.29 is 29.0 Å². The number of ether oxygens (including phenoxy) is 1. The maximum atomic E-state index is 12.0. The summed E-state index contributed by atoms with van der Waals surface area (Å²) in [4.78, 5) is 45.8. The Labute approximate surface area is 165 Å². The van der Waals surface area contributed by atoms with Gasteiger partial charge in [0.1, 0.15) is 0 Å². The molecule has 9 heteroatoms. The normalized spacial score (nSPS) is 10.0. The van der Waals surface area contributed by atoms with E-state index in [4.69, 9.17) is 21.4 Å². The topological polar surface area (TPSA) is 122 Å². The zero-order valence-corrected chi connectivity index (χ0v) is 15.4. The number of carboxylic acids is 1. The monoisotopic (exact) mass is 404 g/mol. The van der Waals surface area contributed by atoms with E-state index in [1.165, 1.54) is 24.3 Å². The van der Waals surface area contributed by atoms with Crippen LogP contribution in [-0.2, 0) is 19.1 Å². The minimum Gasteiger partial charge on any atom is -0.481 e. The maximum absolute atomic E-state index is 12.0. The van der Waals surface area contributed by atoms with Crippen LogP contribution in [0.5, 0.6) is 0 Å². The molecule has 0 aliphatic carbocycles. The van der Waals surface area contributed by atoms with Gasteiger partial charge in [0, 0.05) is 22.8 Å². The van der Waals surface area contributed by atoms with Crippen LogP contribution in [0.3, 0.4) is 0 Å². The third-order valence-corrected chi connectivity index (χ3v) is 3.65. The van der Waals surface area contributed by atoms with Crippen LogP contribution in [0.1, 0.15) is 23.2 Å². The van der Waals surface area contributed by atoms with Crippen LogP contribution in [0.25, 0.3) is 0 Å². The second-order valence-electron chi connectivity index (χ2n) is 5.65. The number of benzene rings is 2. The lowest BCUT2D eigenvalue weighted by atomic mass is 10.2. The van der Waals surface area contributed by atoms with Crippen LogP contribution in [-0.4, -0.2) is 35.5 Å². The molecule has 0 saturated carbocycles. The van der Waals surface area contributed by atoms with Crippen molar-refractivity contribution in [3.8, 4) is 0 Å². The Morgan fingerprint density at radius 3 is 2.21 bits per heavy atom. The number of amides is 2. The van der Waals surface area contributed by atoms with Gasteiger partial charge in [-0.3, -0.25) is 14.4 Å². The molecule has 28 heavy (non-hydrogen) atoms. The Balaban J connectivity index is 1.81. The highest BCUT2D eigenvalue weighted by atomic mass is 35.5. The highest BCUT2D eigenvalue weighted by molar-refractivity contribution is 6.30. The molecule has 2 rings (SSSR count). The summed E-state index contributed by atoms with van der Waals surface area (Å²) < 4.78 is 4.94. The van der Waals surface area contributed by atoms with Crippen molar-refractivity contribution in [3.05, 3.63) is 59.1 Å². The van der Waals surface area contributed by atoms with E-state index in [1.807, 2.05) is 0 Å². The molecule has 0 saturated heterocycles. The Morgan fingerprint density at radius 2 is 1.57 bits per heavy atom. The molecule has 2 aromatic rings. The van der Waals surface area contributed by atoms with E-state index in [9.17, 15) is 19.2 Å². The van der Waals surface area contributed by atoms with Gasteiger partial charge in [-0.05, 0) is 42.5 Å². The van der Waals surface area contributed by atoms with E-state index >= 15 is 0 Å². The van der Waals surface area contributed by atoms with Gasteiger partial charge in [-0.2, -0.15) is 0 Å². The predicted molar refractivity (Wildman–Crippen MR) is 102 cm³/mol. The first-order chi connectivity index (χ1) is 13.3. The number of esters is 1. The lowest BCUT2D eigenvalue weighted by Crippen LogP contribution is -2.21. The molecule has 0 unspecified atom stereocenters. The van der Waals surface area contributed by atoms with Crippen molar-refractivity contribution in [2.45, 2.75) is 12.8 Å². The zero-order chi connectivity index (χ0) is 20.5. The number of hydrogen-bond acceptors (Lipinski definition) is 5. The molecular weight excluding hydrogens is 388 g/mol. The molecule has 0 aliphatic rings. The Morgan fingerprint density at radius 1 is 0.893 bits per heavy atom. The largest absolute Gasteiger partial charge is 0.481 e. The van der Waals surface area contributed by atoms with Gasteiger partial charge >= 0.3 is 11.9 Å². The summed E-state index contributed by atoms with van der Waals surface area (Å²) in [7, 11) is 0. The first-order valence-electron chi connectivity index (χ1n) is 8.18. The van der Waals surface area contributed by atoms with Crippen molar-refractivity contribution in [1.29, 1.82) is 0 Å². The fourth-order valence-electron chi connectivity index (χ4n) is 2.11. The van der Waals surface area contributed by atoms with Crippen molar-refractivity contribution >= 4 is 46.7 Å². The van der Waals surface area contributed by atoms with Gasteiger partial charge in [0.05, 0.1) is 12.0 Å². The molecule has 0 aliphatic heterocycles. The van der Waals surface area contributed by atoms with E-state index in [0.29, 0.717) is 16.4 Å². The quantitative estimate of drug-likeness (QED) is 0.581. The number of carbonyl (C=O) groups excluding carboxylic acids is 3. The van der Waals surface area contributed by atoms with E-state index in [-0.39, 0.29) is 18.4 Å². The van der Waals surface area contributed by atoms with Gasteiger partial charge in [-0.25, -0.2) is 4.79 Å². The highest BCUT2D eigenvalue weighted by Crippen LogP contribution is 2.15. The van der Waals surface area contributed by atoms with Crippen molar-refractivity contribution in [3.63, 3.8) is 0 Å². The molecule has 0 fully saturated rings. The van der Waals surface area contributed by atoms with Crippen molar-refractivity contribution in [1.82, 2.24) is 0 Å². The van der Waals surface area contributed by atoms with Gasteiger partial charge in [0.2, 0.25) is 5.91 Å². The molecule has 0 aromatic heterocycles. The number of rotatable bonds is 8. The minimum absolute atomic E-state index is 0.152. The summed E-state index contributed by atoms with van der Waals surface area (Å²) in [6, 6.07) is 12.3. The van der Waals surface area contributed by atoms with E-state index < -0.39 is 30.4 Å². The smallest absolute Gasteiger partial charge is 0.338 e. The van der Waals surface area contributed by atoms with Crippen LogP contribution in [0.4, 0.5) is 11.4 Å². The zero-order valence-electron chi connectivity index (χ0n) is 14.6. The maximum Gasteiger partial charge on any atom is 0.338 e. The van der Waals surface area contributed by atoms with Crippen LogP contribution >= 0.6 is 11.6 Å². The summed E-state index contributed by atoms with van der Waals surface area (Å²) in [5.41, 5.74) is 1.08. The first-order valence-corrected chi connectivity index (χ1v) is 8.55. The standard InChI is InChI=1S/C19H17ClN2O6/c20-13-2-1-3-15(10-13)22-17(24)11-28-19(27)12-4-6-14(7-5-12)21-16(23)8-9-18(25)26/h1-7,10H,8-9,11H2,(H,21,23)(H,22,24)(H,25,26). The lowest BCUT2D eigenvalue weighted by Gasteiger charge is -2.08. The Kier molecular flexibility index (Phi) is 7.53. The summed E-state index contributed by atoms with van der Waals surface area (Å²) in [5, 5.41) is 14.1.